The molecule has 102 valence electrons. The molecule has 1 N–H and O–H groups in total. The Hall–Kier alpha value is 0.110. The van der Waals surface area contributed by atoms with E-state index >= 15 is 0 Å². The third-order valence-corrected chi connectivity index (χ3v) is 4.20. The van der Waals surface area contributed by atoms with E-state index in [9.17, 15) is 0 Å². The molecule has 0 bridgehead atoms. The highest BCUT2D eigenvalue weighted by Gasteiger charge is 2.09. The Bertz CT molecular complexity index is 350. The molecule has 0 amide bonds. The lowest BCUT2D eigenvalue weighted by Crippen LogP contribution is -2.32. The average Bonchev–Trinajstić information content (AvgIpc) is 2.37. The van der Waals surface area contributed by atoms with Gasteiger partial charge in [-0.25, -0.2) is 0 Å². The van der Waals surface area contributed by atoms with Crippen molar-refractivity contribution >= 4 is 35.0 Å². The summed E-state index contributed by atoms with van der Waals surface area (Å²) in [5.74, 6) is 1.18. The fourth-order valence-corrected chi connectivity index (χ4v) is 2.68. The zero-order chi connectivity index (χ0) is 13.4. The van der Waals surface area contributed by atoms with Crippen LogP contribution in [0.4, 0.5) is 0 Å². The third-order valence-electron chi connectivity index (χ3n) is 2.82. The first-order valence-electron chi connectivity index (χ1n) is 6.33. The minimum Gasteiger partial charge on any atom is -0.314 e. The van der Waals surface area contributed by atoms with Gasteiger partial charge >= 0.3 is 0 Å². The second-order valence-corrected chi connectivity index (χ2v) is 6.19. The fraction of sp³-hybridized carbons (Fsp3) is 0.571. The first-order valence-corrected chi connectivity index (χ1v) is 8.48. The van der Waals surface area contributed by atoms with E-state index < -0.39 is 0 Å². The molecule has 0 heterocycles. The minimum atomic E-state index is 0.523. The standard InChI is InChI=1S/C14H21Cl2NS/c1-3-7-17-12(6-8-18-2)9-11-4-5-13(15)14(16)10-11/h4-5,10,12,17H,3,6-9H2,1-2H3. The molecule has 0 saturated carbocycles. The van der Waals surface area contributed by atoms with Gasteiger partial charge in [0.2, 0.25) is 0 Å². The normalized spacial score (nSPS) is 12.7. The predicted molar refractivity (Wildman–Crippen MR) is 85.2 cm³/mol. The molecular weight excluding hydrogens is 285 g/mol. The molecule has 18 heavy (non-hydrogen) atoms. The lowest BCUT2D eigenvalue weighted by Gasteiger charge is -2.18. The van der Waals surface area contributed by atoms with Crippen molar-refractivity contribution in [3.8, 4) is 0 Å². The van der Waals surface area contributed by atoms with Crippen LogP contribution in [0.3, 0.4) is 0 Å². The molecule has 1 unspecified atom stereocenters. The highest BCUT2D eigenvalue weighted by molar-refractivity contribution is 7.98. The van der Waals surface area contributed by atoms with Gasteiger partial charge in [-0.15, -0.1) is 0 Å². The molecule has 1 aromatic rings. The number of nitrogens with one attached hydrogen (secondary N) is 1. The van der Waals surface area contributed by atoms with Crippen LogP contribution in [0, 0.1) is 0 Å². The van der Waals surface area contributed by atoms with Crippen molar-refractivity contribution in [3.63, 3.8) is 0 Å². The van der Waals surface area contributed by atoms with Crippen molar-refractivity contribution in [2.45, 2.75) is 32.2 Å². The van der Waals surface area contributed by atoms with Crippen LogP contribution in [0.2, 0.25) is 10.0 Å². The largest absolute Gasteiger partial charge is 0.314 e. The van der Waals surface area contributed by atoms with Crippen LogP contribution in [0.15, 0.2) is 18.2 Å². The lowest BCUT2D eigenvalue weighted by atomic mass is 10.0. The lowest BCUT2D eigenvalue weighted by molar-refractivity contribution is 0.497. The summed E-state index contributed by atoms with van der Waals surface area (Å²) in [6, 6.07) is 6.44. The fourth-order valence-electron chi connectivity index (χ4n) is 1.84. The molecule has 0 spiro atoms. The van der Waals surface area contributed by atoms with Crippen molar-refractivity contribution in [1.82, 2.24) is 5.32 Å². The number of hydrogen-bond acceptors (Lipinski definition) is 2. The van der Waals surface area contributed by atoms with Gasteiger partial charge < -0.3 is 5.32 Å². The Morgan fingerprint density at radius 1 is 1.28 bits per heavy atom. The van der Waals surface area contributed by atoms with Crippen LogP contribution >= 0.6 is 35.0 Å². The van der Waals surface area contributed by atoms with Crippen molar-refractivity contribution in [1.29, 1.82) is 0 Å². The van der Waals surface area contributed by atoms with Gasteiger partial charge in [-0.3, -0.25) is 0 Å². The molecule has 0 radical (unpaired) electrons. The van der Waals surface area contributed by atoms with E-state index in [2.05, 4.69) is 24.6 Å². The summed E-state index contributed by atoms with van der Waals surface area (Å²) in [6.45, 7) is 3.26. The van der Waals surface area contributed by atoms with Gasteiger partial charge in [0.05, 0.1) is 10.0 Å². The highest BCUT2D eigenvalue weighted by atomic mass is 35.5. The van der Waals surface area contributed by atoms with Crippen molar-refractivity contribution in [3.05, 3.63) is 33.8 Å². The minimum absolute atomic E-state index is 0.523. The Labute approximate surface area is 125 Å². The molecule has 0 saturated heterocycles. The van der Waals surface area contributed by atoms with E-state index in [0.29, 0.717) is 16.1 Å². The van der Waals surface area contributed by atoms with Crippen LogP contribution in [0.1, 0.15) is 25.3 Å². The second kappa shape index (κ2) is 9.08. The number of benzene rings is 1. The topological polar surface area (TPSA) is 12.0 Å². The average molecular weight is 306 g/mol. The summed E-state index contributed by atoms with van der Waals surface area (Å²) < 4.78 is 0. The maximum atomic E-state index is 6.05. The van der Waals surface area contributed by atoms with Crippen molar-refractivity contribution in [2.24, 2.45) is 0 Å². The highest BCUT2D eigenvalue weighted by Crippen LogP contribution is 2.23. The van der Waals surface area contributed by atoms with E-state index in [4.69, 9.17) is 23.2 Å². The number of hydrogen-bond donors (Lipinski definition) is 1. The summed E-state index contributed by atoms with van der Waals surface area (Å²) in [4.78, 5) is 0. The Kier molecular flexibility index (Phi) is 8.16. The van der Waals surface area contributed by atoms with Gasteiger partial charge in [-0.1, -0.05) is 36.2 Å². The molecule has 0 aliphatic heterocycles. The summed E-state index contributed by atoms with van der Waals surface area (Å²) in [5.41, 5.74) is 1.25. The Balaban J connectivity index is 2.59. The molecule has 0 aliphatic carbocycles. The summed E-state index contributed by atoms with van der Waals surface area (Å²) in [6.07, 6.45) is 5.51. The third kappa shape index (κ3) is 5.83. The first kappa shape index (κ1) is 16.2. The first-order chi connectivity index (χ1) is 8.67. The summed E-state index contributed by atoms with van der Waals surface area (Å²) in [5, 5.41) is 4.87. The molecule has 1 nitrogen and oxygen atoms in total. The Morgan fingerprint density at radius 2 is 2.06 bits per heavy atom. The van der Waals surface area contributed by atoms with Gasteiger partial charge in [0.1, 0.15) is 0 Å². The molecule has 1 aromatic carbocycles. The van der Waals surface area contributed by atoms with Gasteiger partial charge in [0.15, 0.2) is 0 Å². The van der Waals surface area contributed by atoms with Crippen molar-refractivity contribution in [2.75, 3.05) is 18.6 Å². The number of halogens is 2. The quantitative estimate of drug-likeness (QED) is 0.750. The van der Waals surface area contributed by atoms with Gasteiger partial charge in [-0.2, -0.15) is 11.8 Å². The van der Waals surface area contributed by atoms with E-state index in [1.165, 1.54) is 17.7 Å². The van der Waals surface area contributed by atoms with Crippen LogP contribution < -0.4 is 5.32 Å². The SMILES string of the molecule is CCCNC(CCSC)Cc1ccc(Cl)c(Cl)c1. The second-order valence-electron chi connectivity index (χ2n) is 4.39. The maximum absolute atomic E-state index is 6.05. The molecule has 4 heteroatoms. The molecule has 0 aliphatic rings. The van der Waals surface area contributed by atoms with Gasteiger partial charge in [-0.05, 0) is 55.5 Å². The number of rotatable bonds is 8. The van der Waals surface area contributed by atoms with Crippen LogP contribution in [-0.2, 0) is 6.42 Å². The predicted octanol–water partition coefficient (Wildman–Crippen LogP) is 4.66. The van der Waals surface area contributed by atoms with Gasteiger partial charge in [0, 0.05) is 6.04 Å². The van der Waals surface area contributed by atoms with Crippen molar-refractivity contribution < 1.29 is 0 Å². The smallest absolute Gasteiger partial charge is 0.0595 e. The van der Waals surface area contributed by atoms with Crippen LogP contribution in [0.25, 0.3) is 0 Å². The van der Waals surface area contributed by atoms with E-state index in [-0.39, 0.29) is 0 Å². The molecular formula is C14H21Cl2NS. The summed E-state index contributed by atoms with van der Waals surface area (Å²) in [7, 11) is 0. The van der Waals surface area contributed by atoms with E-state index in [1.807, 2.05) is 23.9 Å². The van der Waals surface area contributed by atoms with E-state index in [1.54, 1.807) is 0 Å². The van der Waals surface area contributed by atoms with E-state index in [0.717, 1.165) is 19.4 Å². The zero-order valence-electron chi connectivity index (χ0n) is 11.0. The zero-order valence-corrected chi connectivity index (χ0v) is 13.3. The molecule has 1 rings (SSSR count). The Morgan fingerprint density at radius 3 is 2.67 bits per heavy atom. The molecule has 1 atom stereocenters. The molecule has 0 aromatic heterocycles. The number of thioether (sulfide) groups is 1. The monoisotopic (exact) mass is 305 g/mol. The van der Waals surface area contributed by atoms with Crippen LogP contribution in [-0.4, -0.2) is 24.6 Å². The summed E-state index contributed by atoms with van der Waals surface area (Å²) >= 11 is 13.9. The van der Waals surface area contributed by atoms with Gasteiger partial charge in [0.25, 0.3) is 0 Å². The van der Waals surface area contributed by atoms with Crippen LogP contribution in [0.5, 0.6) is 0 Å². The molecule has 0 fully saturated rings. The maximum Gasteiger partial charge on any atom is 0.0595 e.